The van der Waals surface area contributed by atoms with Crippen LogP contribution in [-0.4, -0.2) is 16.6 Å². The Morgan fingerprint density at radius 3 is 2.48 bits per heavy atom. The van der Waals surface area contributed by atoms with Crippen LogP contribution in [0.1, 0.15) is 30.0 Å². The quantitative estimate of drug-likeness (QED) is 0.713. The molecule has 2 aromatic rings. The number of nitrogens with zero attached hydrogens (tertiary/aromatic N) is 1. The molecule has 0 heterocycles. The average Bonchev–Trinajstić information content (AvgIpc) is 2.53. The molecule has 0 fully saturated rings. The number of nitrogens with one attached hydrogen (secondary N) is 1. The summed E-state index contributed by atoms with van der Waals surface area (Å²) in [5.41, 5.74) is 4.51. The van der Waals surface area contributed by atoms with Gasteiger partial charge in [0.15, 0.2) is 5.11 Å². The first-order valence-corrected chi connectivity index (χ1v) is 8.66. The number of halogens is 1. The summed E-state index contributed by atoms with van der Waals surface area (Å²) in [4.78, 5) is 2.19. The third kappa shape index (κ3) is 4.95. The lowest BCUT2D eigenvalue weighted by Crippen LogP contribution is -2.35. The van der Waals surface area contributed by atoms with Crippen LogP contribution in [0.3, 0.4) is 0 Å². The van der Waals surface area contributed by atoms with Gasteiger partial charge in [-0.05, 0) is 55.7 Å². The van der Waals surface area contributed by atoms with E-state index in [0.717, 1.165) is 40.9 Å². The van der Waals surface area contributed by atoms with Gasteiger partial charge in [-0.15, -0.1) is 0 Å². The number of rotatable bonds is 5. The van der Waals surface area contributed by atoms with Gasteiger partial charge in [-0.3, -0.25) is 0 Å². The summed E-state index contributed by atoms with van der Waals surface area (Å²) in [7, 11) is 0. The van der Waals surface area contributed by atoms with Gasteiger partial charge in [-0.1, -0.05) is 54.4 Å². The fraction of sp³-hybridized carbons (Fsp3) is 0.316. The Hall–Kier alpha value is -1.58. The lowest BCUT2D eigenvalue weighted by atomic mass is 10.1. The number of hydrogen-bond acceptors (Lipinski definition) is 1. The molecule has 122 valence electrons. The van der Waals surface area contributed by atoms with Crippen molar-refractivity contribution in [2.45, 2.75) is 33.7 Å². The highest BCUT2D eigenvalue weighted by Crippen LogP contribution is 2.23. The first-order valence-electron chi connectivity index (χ1n) is 7.88. The predicted molar refractivity (Wildman–Crippen MR) is 104 cm³/mol. The summed E-state index contributed by atoms with van der Waals surface area (Å²) in [5, 5.41) is 4.82. The van der Waals surface area contributed by atoms with Crippen LogP contribution in [0, 0.1) is 13.8 Å². The number of thiocarbonyl (C=S) groups is 1. The van der Waals surface area contributed by atoms with Crippen molar-refractivity contribution >= 4 is 34.6 Å². The molecule has 0 bridgehead atoms. The molecule has 0 atom stereocenters. The molecule has 2 nitrogen and oxygen atoms in total. The second-order valence-corrected chi connectivity index (χ2v) is 6.54. The van der Waals surface area contributed by atoms with E-state index in [1.54, 1.807) is 0 Å². The van der Waals surface area contributed by atoms with E-state index in [1.165, 1.54) is 11.1 Å². The van der Waals surface area contributed by atoms with Gasteiger partial charge in [0.2, 0.25) is 0 Å². The molecule has 2 aromatic carbocycles. The standard InChI is InChI=1S/C19H23ClN2S/c1-4-12-22(13-16-10-8-14(2)9-11-16)19(23)21-18-7-5-6-17(20)15(18)3/h5-11H,4,12-13H2,1-3H3,(H,21,23). The van der Waals surface area contributed by atoms with Crippen molar-refractivity contribution in [3.8, 4) is 0 Å². The molecule has 0 aliphatic carbocycles. The van der Waals surface area contributed by atoms with E-state index in [9.17, 15) is 0 Å². The molecule has 0 spiro atoms. The third-order valence-corrected chi connectivity index (χ3v) is 4.55. The van der Waals surface area contributed by atoms with Gasteiger partial charge in [-0.2, -0.15) is 0 Å². The van der Waals surface area contributed by atoms with Crippen molar-refractivity contribution in [3.05, 3.63) is 64.2 Å². The molecule has 2 rings (SSSR count). The van der Waals surface area contributed by atoms with Crippen LogP contribution in [0.5, 0.6) is 0 Å². The summed E-state index contributed by atoms with van der Waals surface area (Å²) in [6.45, 7) is 7.98. The molecule has 0 saturated carbocycles. The third-order valence-electron chi connectivity index (χ3n) is 3.78. The summed E-state index contributed by atoms with van der Waals surface area (Å²) in [6, 6.07) is 14.4. The zero-order valence-corrected chi connectivity index (χ0v) is 15.5. The molecule has 0 radical (unpaired) electrons. The molecule has 23 heavy (non-hydrogen) atoms. The van der Waals surface area contributed by atoms with Crippen LogP contribution in [0.25, 0.3) is 0 Å². The number of anilines is 1. The summed E-state index contributed by atoms with van der Waals surface area (Å²) in [6.07, 6.45) is 1.04. The highest BCUT2D eigenvalue weighted by Gasteiger charge is 2.11. The van der Waals surface area contributed by atoms with Crippen molar-refractivity contribution in [1.82, 2.24) is 4.90 Å². The van der Waals surface area contributed by atoms with Crippen LogP contribution >= 0.6 is 23.8 Å². The van der Waals surface area contributed by atoms with Crippen LogP contribution < -0.4 is 5.32 Å². The molecule has 0 unspecified atom stereocenters. The maximum atomic E-state index is 6.19. The van der Waals surface area contributed by atoms with Gasteiger partial charge < -0.3 is 10.2 Å². The van der Waals surface area contributed by atoms with E-state index in [4.69, 9.17) is 23.8 Å². The number of hydrogen-bond donors (Lipinski definition) is 1. The lowest BCUT2D eigenvalue weighted by molar-refractivity contribution is 0.418. The second-order valence-electron chi connectivity index (χ2n) is 5.75. The summed E-state index contributed by atoms with van der Waals surface area (Å²) < 4.78 is 0. The van der Waals surface area contributed by atoms with Crippen LogP contribution in [0.4, 0.5) is 5.69 Å². The zero-order chi connectivity index (χ0) is 16.8. The van der Waals surface area contributed by atoms with Crippen molar-refractivity contribution in [2.75, 3.05) is 11.9 Å². The maximum Gasteiger partial charge on any atom is 0.173 e. The Morgan fingerprint density at radius 2 is 1.83 bits per heavy atom. The Morgan fingerprint density at radius 1 is 1.13 bits per heavy atom. The van der Waals surface area contributed by atoms with Gasteiger partial charge in [0.25, 0.3) is 0 Å². The highest BCUT2D eigenvalue weighted by atomic mass is 35.5. The van der Waals surface area contributed by atoms with E-state index in [1.807, 2.05) is 25.1 Å². The molecule has 4 heteroatoms. The highest BCUT2D eigenvalue weighted by molar-refractivity contribution is 7.80. The van der Waals surface area contributed by atoms with Crippen LogP contribution in [0.15, 0.2) is 42.5 Å². The molecular weight excluding hydrogens is 324 g/mol. The van der Waals surface area contributed by atoms with Gasteiger partial charge in [0.1, 0.15) is 0 Å². The number of benzene rings is 2. The molecule has 0 aliphatic heterocycles. The smallest absolute Gasteiger partial charge is 0.173 e. The monoisotopic (exact) mass is 346 g/mol. The maximum absolute atomic E-state index is 6.19. The van der Waals surface area contributed by atoms with Crippen molar-refractivity contribution in [1.29, 1.82) is 0 Å². The zero-order valence-electron chi connectivity index (χ0n) is 13.9. The lowest BCUT2D eigenvalue weighted by Gasteiger charge is -2.26. The molecule has 0 saturated heterocycles. The molecule has 0 aliphatic rings. The first kappa shape index (κ1) is 17.8. The molecule has 0 amide bonds. The minimum atomic E-state index is 0.734. The van der Waals surface area contributed by atoms with E-state index in [2.05, 4.69) is 48.3 Å². The SMILES string of the molecule is CCCN(Cc1ccc(C)cc1)C(=S)Nc1cccc(Cl)c1C. The van der Waals surface area contributed by atoms with Crippen molar-refractivity contribution in [3.63, 3.8) is 0 Å². The van der Waals surface area contributed by atoms with Gasteiger partial charge in [-0.25, -0.2) is 0 Å². The van der Waals surface area contributed by atoms with Crippen LogP contribution in [0.2, 0.25) is 5.02 Å². The van der Waals surface area contributed by atoms with Crippen molar-refractivity contribution < 1.29 is 0 Å². The number of aryl methyl sites for hydroxylation is 1. The Bertz CT molecular complexity index is 668. The van der Waals surface area contributed by atoms with E-state index in [0.29, 0.717) is 0 Å². The normalized spacial score (nSPS) is 10.4. The molecular formula is C19H23ClN2S. The summed E-state index contributed by atoms with van der Waals surface area (Å²) in [5.74, 6) is 0. The van der Waals surface area contributed by atoms with Gasteiger partial charge >= 0.3 is 0 Å². The van der Waals surface area contributed by atoms with Crippen LogP contribution in [-0.2, 0) is 6.54 Å². The molecule has 0 aromatic heterocycles. The van der Waals surface area contributed by atoms with E-state index >= 15 is 0 Å². The minimum Gasteiger partial charge on any atom is -0.345 e. The van der Waals surface area contributed by atoms with Gasteiger partial charge in [0.05, 0.1) is 0 Å². The largest absolute Gasteiger partial charge is 0.345 e. The first-order chi connectivity index (χ1) is 11.0. The molecule has 1 N–H and O–H groups in total. The Labute approximate surface area is 149 Å². The van der Waals surface area contributed by atoms with Crippen molar-refractivity contribution in [2.24, 2.45) is 0 Å². The van der Waals surface area contributed by atoms with Gasteiger partial charge in [0, 0.05) is 23.8 Å². The Kier molecular flexibility index (Phi) is 6.43. The minimum absolute atomic E-state index is 0.734. The fourth-order valence-corrected chi connectivity index (χ4v) is 2.81. The summed E-state index contributed by atoms with van der Waals surface area (Å²) >= 11 is 11.8. The second kappa shape index (κ2) is 8.32. The topological polar surface area (TPSA) is 15.3 Å². The Balaban J connectivity index is 2.11. The van der Waals surface area contributed by atoms with E-state index in [-0.39, 0.29) is 0 Å². The average molecular weight is 347 g/mol. The predicted octanol–water partition coefficient (Wildman–Crippen LogP) is 5.57. The van der Waals surface area contributed by atoms with E-state index < -0.39 is 0 Å². The fourth-order valence-electron chi connectivity index (χ4n) is 2.37.